The number of carboxylic acid groups (broad SMARTS) is 1. The van der Waals surface area contributed by atoms with Gasteiger partial charge >= 0.3 is 5.97 Å². The summed E-state index contributed by atoms with van der Waals surface area (Å²) < 4.78 is 1.80. The molecule has 1 N–H and O–H groups in total. The number of rotatable bonds is 4. The lowest BCUT2D eigenvalue weighted by Gasteiger charge is -2.13. The van der Waals surface area contributed by atoms with Gasteiger partial charge in [0.1, 0.15) is 0 Å². The van der Waals surface area contributed by atoms with Crippen molar-refractivity contribution in [3.05, 3.63) is 12.4 Å². The number of amides is 1. The summed E-state index contributed by atoms with van der Waals surface area (Å²) in [6.07, 6.45) is 4.45. The van der Waals surface area contributed by atoms with Gasteiger partial charge in [0.05, 0.1) is 17.8 Å². The molecule has 0 bridgehead atoms. The molecule has 0 unspecified atom stereocenters. The Labute approximate surface area is 105 Å². The number of aromatic nitrogens is 2. The summed E-state index contributed by atoms with van der Waals surface area (Å²) in [5, 5.41) is 13.1. The van der Waals surface area contributed by atoms with Gasteiger partial charge in [-0.3, -0.25) is 14.3 Å². The van der Waals surface area contributed by atoms with Gasteiger partial charge in [-0.15, -0.1) is 0 Å². The van der Waals surface area contributed by atoms with Gasteiger partial charge < -0.3 is 10.0 Å². The lowest BCUT2D eigenvalue weighted by molar-refractivity contribution is -0.141. The van der Waals surface area contributed by atoms with Crippen LogP contribution in [0.1, 0.15) is 32.7 Å². The van der Waals surface area contributed by atoms with Crippen molar-refractivity contribution in [3.63, 3.8) is 0 Å². The van der Waals surface area contributed by atoms with Gasteiger partial charge in [0, 0.05) is 25.2 Å². The van der Waals surface area contributed by atoms with Crippen LogP contribution in [0.2, 0.25) is 0 Å². The van der Waals surface area contributed by atoms with Crippen LogP contribution in [-0.2, 0) is 9.59 Å². The molecule has 0 saturated carbocycles. The monoisotopic (exact) mass is 251 g/mol. The Hall–Kier alpha value is -1.85. The molecule has 0 radical (unpaired) electrons. The lowest BCUT2D eigenvalue weighted by Crippen LogP contribution is -2.25. The van der Waals surface area contributed by atoms with Crippen LogP contribution in [0.4, 0.5) is 5.69 Å². The number of aliphatic carboxylic acids is 1. The molecule has 98 valence electrons. The average molecular weight is 251 g/mol. The fourth-order valence-electron chi connectivity index (χ4n) is 2.02. The number of carbonyl (C=O) groups is 2. The van der Waals surface area contributed by atoms with Crippen molar-refractivity contribution in [1.82, 2.24) is 9.78 Å². The van der Waals surface area contributed by atoms with Crippen LogP contribution < -0.4 is 4.90 Å². The third-order valence-electron chi connectivity index (χ3n) is 3.42. The molecule has 1 saturated heterocycles. The molecular formula is C12H17N3O3. The molecular weight excluding hydrogens is 234 g/mol. The molecule has 0 aliphatic carbocycles. The van der Waals surface area contributed by atoms with Gasteiger partial charge in [-0.1, -0.05) is 6.92 Å². The summed E-state index contributed by atoms with van der Waals surface area (Å²) in [5.74, 6) is -1.67. The Bertz CT molecular complexity index is 469. The second kappa shape index (κ2) is 4.80. The molecule has 18 heavy (non-hydrogen) atoms. The summed E-state index contributed by atoms with van der Waals surface area (Å²) in [7, 11) is 0. The van der Waals surface area contributed by atoms with Gasteiger partial charge in [0.15, 0.2) is 0 Å². The van der Waals surface area contributed by atoms with Gasteiger partial charge in [0.2, 0.25) is 5.91 Å². The molecule has 2 atom stereocenters. The maximum atomic E-state index is 11.8. The molecule has 1 amide bonds. The van der Waals surface area contributed by atoms with E-state index in [9.17, 15) is 9.59 Å². The van der Waals surface area contributed by atoms with Crippen LogP contribution >= 0.6 is 0 Å². The largest absolute Gasteiger partial charge is 0.481 e. The van der Waals surface area contributed by atoms with E-state index in [0.717, 1.165) is 6.42 Å². The first-order valence-corrected chi connectivity index (χ1v) is 6.10. The van der Waals surface area contributed by atoms with Crippen molar-refractivity contribution in [2.45, 2.75) is 32.7 Å². The third kappa shape index (κ3) is 2.23. The minimum absolute atomic E-state index is 0.0733. The minimum atomic E-state index is -0.917. The van der Waals surface area contributed by atoms with Gasteiger partial charge in [-0.05, 0) is 13.3 Å². The maximum Gasteiger partial charge on any atom is 0.308 e. The fourth-order valence-corrected chi connectivity index (χ4v) is 2.02. The molecule has 2 rings (SSSR count). The summed E-state index contributed by atoms with van der Waals surface area (Å²) >= 11 is 0. The molecule has 1 aliphatic heterocycles. The Morgan fingerprint density at radius 3 is 2.94 bits per heavy atom. The number of hydrogen-bond acceptors (Lipinski definition) is 3. The van der Waals surface area contributed by atoms with Crippen LogP contribution in [0.3, 0.4) is 0 Å². The molecule has 1 aromatic heterocycles. The summed E-state index contributed by atoms with van der Waals surface area (Å²) in [6, 6.07) is 0.270. The molecule has 1 aliphatic rings. The number of nitrogens with zero attached hydrogens (tertiary/aromatic N) is 3. The summed E-state index contributed by atoms with van der Waals surface area (Å²) in [5.41, 5.74) is 0.684. The van der Waals surface area contributed by atoms with Crippen molar-refractivity contribution in [3.8, 4) is 0 Å². The second-order valence-electron chi connectivity index (χ2n) is 4.68. The topological polar surface area (TPSA) is 75.4 Å². The minimum Gasteiger partial charge on any atom is -0.481 e. The van der Waals surface area contributed by atoms with E-state index in [1.165, 1.54) is 4.90 Å². The summed E-state index contributed by atoms with van der Waals surface area (Å²) in [6.45, 7) is 4.34. The maximum absolute atomic E-state index is 11.8. The zero-order valence-electron chi connectivity index (χ0n) is 10.5. The van der Waals surface area contributed by atoms with Crippen molar-refractivity contribution in [1.29, 1.82) is 0 Å². The molecule has 0 aromatic carbocycles. The van der Waals surface area contributed by atoms with E-state index in [-0.39, 0.29) is 24.9 Å². The van der Waals surface area contributed by atoms with E-state index >= 15 is 0 Å². The van der Waals surface area contributed by atoms with Crippen LogP contribution in [0.25, 0.3) is 0 Å². The van der Waals surface area contributed by atoms with E-state index in [2.05, 4.69) is 12.0 Å². The van der Waals surface area contributed by atoms with Crippen molar-refractivity contribution >= 4 is 17.6 Å². The SMILES string of the molecule is CC[C@@H](C)n1cc(N2C[C@H](C(=O)O)CC2=O)cn1. The predicted molar refractivity (Wildman–Crippen MR) is 65.3 cm³/mol. The average Bonchev–Trinajstić information content (AvgIpc) is 2.94. The van der Waals surface area contributed by atoms with Crippen LogP contribution in [0, 0.1) is 5.92 Å². The number of anilines is 1. The van der Waals surface area contributed by atoms with Crippen molar-refractivity contribution in [2.75, 3.05) is 11.4 Å². The van der Waals surface area contributed by atoms with E-state index < -0.39 is 11.9 Å². The Balaban J connectivity index is 2.15. The van der Waals surface area contributed by atoms with Crippen molar-refractivity contribution in [2.24, 2.45) is 5.92 Å². The highest BCUT2D eigenvalue weighted by atomic mass is 16.4. The molecule has 0 spiro atoms. The highest BCUT2D eigenvalue weighted by molar-refractivity contribution is 5.98. The van der Waals surface area contributed by atoms with E-state index in [1.54, 1.807) is 17.1 Å². The predicted octanol–water partition coefficient (Wildman–Crippen LogP) is 1.29. The third-order valence-corrected chi connectivity index (χ3v) is 3.42. The smallest absolute Gasteiger partial charge is 0.308 e. The number of carbonyl (C=O) groups excluding carboxylic acids is 1. The fraction of sp³-hybridized carbons (Fsp3) is 0.583. The number of hydrogen-bond donors (Lipinski definition) is 1. The lowest BCUT2D eigenvalue weighted by atomic mass is 10.1. The molecule has 6 heteroatoms. The standard InChI is InChI=1S/C12H17N3O3/c1-3-8(2)15-7-10(5-13-15)14-6-9(12(17)18)4-11(14)16/h5,7-9H,3-4,6H2,1-2H3,(H,17,18)/t8-,9-/m1/s1. The van der Waals surface area contributed by atoms with E-state index in [1.807, 2.05) is 6.92 Å². The van der Waals surface area contributed by atoms with E-state index in [4.69, 9.17) is 5.11 Å². The number of carboxylic acids is 1. The van der Waals surface area contributed by atoms with Gasteiger partial charge in [-0.25, -0.2) is 0 Å². The first kappa shape index (κ1) is 12.6. The first-order chi connectivity index (χ1) is 8.52. The van der Waals surface area contributed by atoms with Crippen LogP contribution in [-0.4, -0.2) is 33.3 Å². The molecule has 1 fully saturated rings. The highest BCUT2D eigenvalue weighted by Gasteiger charge is 2.35. The van der Waals surface area contributed by atoms with Gasteiger partial charge in [0.25, 0.3) is 0 Å². The van der Waals surface area contributed by atoms with Crippen molar-refractivity contribution < 1.29 is 14.7 Å². The zero-order valence-corrected chi connectivity index (χ0v) is 10.5. The van der Waals surface area contributed by atoms with Crippen LogP contribution in [0.15, 0.2) is 12.4 Å². The molecule has 2 heterocycles. The van der Waals surface area contributed by atoms with Gasteiger partial charge in [-0.2, -0.15) is 5.10 Å². The normalized spacial score (nSPS) is 21.3. The highest BCUT2D eigenvalue weighted by Crippen LogP contribution is 2.25. The van der Waals surface area contributed by atoms with E-state index in [0.29, 0.717) is 5.69 Å². The molecule has 6 nitrogen and oxygen atoms in total. The Morgan fingerprint density at radius 2 is 2.39 bits per heavy atom. The van der Waals surface area contributed by atoms with Crippen LogP contribution in [0.5, 0.6) is 0 Å². The first-order valence-electron chi connectivity index (χ1n) is 6.10. The Morgan fingerprint density at radius 1 is 1.67 bits per heavy atom. The quantitative estimate of drug-likeness (QED) is 0.875. The molecule has 1 aromatic rings. The Kier molecular flexibility index (Phi) is 3.36. The second-order valence-corrected chi connectivity index (χ2v) is 4.68. The summed E-state index contributed by atoms with van der Waals surface area (Å²) in [4.78, 5) is 24.2. The zero-order chi connectivity index (χ0) is 13.3.